The Kier molecular flexibility index (Phi) is 6.53. The molecule has 3 heterocycles. The largest absolute Gasteiger partial charge is 0.331 e. The Morgan fingerprint density at radius 3 is 1.25 bits per heavy atom. The second-order valence-corrected chi connectivity index (χ2v) is 10.3. The third kappa shape index (κ3) is 4.45. The molecule has 0 saturated carbocycles. The minimum Gasteiger partial charge on any atom is -0.331 e. The van der Waals surface area contributed by atoms with Crippen molar-refractivity contribution in [2.75, 3.05) is 13.2 Å². The third-order valence-electron chi connectivity index (χ3n) is 6.46. The normalized spacial score (nSPS) is 38.4. The molecular weight excluding hydrogens is 527 g/mol. The van der Waals surface area contributed by atoms with Crippen LogP contribution in [-0.4, -0.2) is 37.6 Å². The van der Waals surface area contributed by atoms with E-state index in [0.717, 1.165) is 0 Å². The Labute approximate surface area is 223 Å². The summed E-state index contributed by atoms with van der Waals surface area (Å²) >= 11 is 20.8. The highest BCUT2D eigenvalue weighted by molar-refractivity contribution is 6.22. The summed E-state index contributed by atoms with van der Waals surface area (Å²) in [5, 5.41) is -4.83. The van der Waals surface area contributed by atoms with E-state index in [1.165, 1.54) is 0 Å². The molecule has 0 spiro atoms. The van der Waals surface area contributed by atoms with Crippen LogP contribution in [0.4, 0.5) is 0 Å². The zero-order valence-corrected chi connectivity index (χ0v) is 21.2. The molecule has 0 radical (unpaired) electrons. The van der Waals surface area contributed by atoms with Crippen LogP contribution in [-0.2, 0) is 44.2 Å². The predicted molar refractivity (Wildman–Crippen MR) is 133 cm³/mol. The number of hydrogen-bond acceptors (Lipinski definition) is 6. The molecule has 0 N–H and O–H groups in total. The first kappa shape index (κ1) is 24.6. The highest BCUT2D eigenvalue weighted by Crippen LogP contribution is 2.49. The maximum Gasteiger partial charge on any atom is 0.277 e. The second-order valence-electron chi connectivity index (χ2n) is 8.81. The lowest BCUT2D eigenvalue weighted by Gasteiger charge is -2.49. The molecule has 3 aliphatic heterocycles. The number of ether oxygens (including phenoxy) is 6. The zero-order valence-electron chi connectivity index (χ0n) is 19.0. The first-order valence-corrected chi connectivity index (χ1v) is 12.7. The number of benzene rings is 3. The van der Waals surface area contributed by atoms with Crippen molar-refractivity contribution in [3.05, 3.63) is 108 Å². The summed E-state index contributed by atoms with van der Waals surface area (Å²) in [5.74, 6) is 0. The van der Waals surface area contributed by atoms with Gasteiger partial charge in [-0.15, -0.1) is 0 Å². The van der Waals surface area contributed by atoms with E-state index in [2.05, 4.69) is 0 Å². The fourth-order valence-corrected chi connectivity index (χ4v) is 5.60. The standard InChI is InChI=1S/C27H23Cl3O6/c28-25(18-10-4-1-5-11-18)31-17-22-23-24(36-27(30,34-22)20-14-8-3-9-15-20)21(33-25)16-32-26(29,35-23)19-12-6-2-7-13-19/h1-15,21-24H,16-17H2/t21-,22+,23-,24-,25?,26?,27?/m0/s1. The van der Waals surface area contributed by atoms with Crippen molar-refractivity contribution >= 4 is 34.8 Å². The SMILES string of the molecule is ClC1(c2ccccc2)OC[C@@H]2OC(Cl)(c3ccccc3)OC[C@H]3OC(Cl)(c4ccccc4)O[C@@H]2[C@H]3O1. The van der Waals surface area contributed by atoms with E-state index < -0.39 is 40.2 Å². The van der Waals surface area contributed by atoms with Gasteiger partial charge in [-0.2, -0.15) is 0 Å². The molecule has 36 heavy (non-hydrogen) atoms. The van der Waals surface area contributed by atoms with Gasteiger partial charge in [-0.05, 0) is 0 Å². The summed E-state index contributed by atoms with van der Waals surface area (Å²) in [6.45, 7) is -0.0304. The summed E-state index contributed by atoms with van der Waals surface area (Å²) in [4.78, 5) is 0. The number of hydrogen-bond donors (Lipinski definition) is 0. The summed E-state index contributed by atoms with van der Waals surface area (Å²) in [7, 11) is 0. The molecule has 3 fully saturated rings. The van der Waals surface area contributed by atoms with Crippen LogP contribution in [0.3, 0.4) is 0 Å². The van der Waals surface area contributed by atoms with Gasteiger partial charge >= 0.3 is 0 Å². The van der Waals surface area contributed by atoms with Gasteiger partial charge in [0.15, 0.2) is 0 Å². The van der Waals surface area contributed by atoms with E-state index in [-0.39, 0.29) is 13.2 Å². The molecule has 6 nitrogen and oxygen atoms in total. The van der Waals surface area contributed by atoms with Gasteiger partial charge in [-0.25, -0.2) is 0 Å². The molecule has 3 unspecified atom stereocenters. The minimum absolute atomic E-state index is 0.0152. The summed E-state index contributed by atoms with van der Waals surface area (Å²) < 4.78 is 37.8. The molecule has 3 aromatic rings. The van der Waals surface area contributed by atoms with E-state index in [1.54, 1.807) is 0 Å². The Balaban J connectivity index is 1.42. The zero-order chi connectivity index (χ0) is 24.8. The van der Waals surface area contributed by atoms with Crippen molar-refractivity contribution in [1.82, 2.24) is 0 Å². The van der Waals surface area contributed by atoms with Gasteiger partial charge in [-0.1, -0.05) is 126 Å². The molecular formula is C27H23Cl3O6. The van der Waals surface area contributed by atoms with Crippen LogP contribution in [0.25, 0.3) is 0 Å². The fourth-order valence-electron chi connectivity index (χ4n) is 4.67. The average molecular weight is 550 g/mol. The maximum absolute atomic E-state index is 6.95. The number of halogens is 3. The molecule has 0 aliphatic carbocycles. The van der Waals surface area contributed by atoms with Crippen molar-refractivity contribution < 1.29 is 28.4 Å². The van der Waals surface area contributed by atoms with Gasteiger partial charge in [0.25, 0.3) is 15.7 Å². The Morgan fingerprint density at radius 2 is 0.806 bits per heavy atom. The highest BCUT2D eigenvalue weighted by atomic mass is 35.5. The van der Waals surface area contributed by atoms with Crippen molar-refractivity contribution in [1.29, 1.82) is 0 Å². The van der Waals surface area contributed by atoms with Crippen LogP contribution in [0.1, 0.15) is 16.7 Å². The topological polar surface area (TPSA) is 55.4 Å². The minimum atomic E-state index is -1.62. The molecule has 4 bridgehead atoms. The lowest BCUT2D eigenvalue weighted by Crippen LogP contribution is -2.62. The van der Waals surface area contributed by atoms with Crippen molar-refractivity contribution in [2.24, 2.45) is 0 Å². The van der Waals surface area contributed by atoms with Crippen LogP contribution >= 0.6 is 34.8 Å². The quantitative estimate of drug-likeness (QED) is 0.388. The average Bonchev–Trinajstić information content (AvgIpc) is 3.07. The van der Waals surface area contributed by atoms with E-state index in [4.69, 9.17) is 63.2 Å². The van der Waals surface area contributed by atoms with Crippen LogP contribution in [0, 0.1) is 0 Å². The Morgan fingerprint density at radius 1 is 0.472 bits per heavy atom. The monoisotopic (exact) mass is 548 g/mol. The lowest BCUT2D eigenvalue weighted by molar-refractivity contribution is -0.380. The Hall–Kier alpha value is -1.71. The third-order valence-corrected chi connectivity index (χ3v) is 7.69. The van der Waals surface area contributed by atoms with Gasteiger partial charge in [0, 0.05) is 16.7 Å². The van der Waals surface area contributed by atoms with Gasteiger partial charge in [0.05, 0.1) is 13.2 Å². The molecule has 6 rings (SSSR count). The van der Waals surface area contributed by atoms with Crippen molar-refractivity contribution in [2.45, 2.75) is 40.2 Å². The van der Waals surface area contributed by atoms with E-state index in [0.29, 0.717) is 16.7 Å². The Bertz CT molecular complexity index is 1090. The first-order valence-electron chi connectivity index (χ1n) is 11.6. The van der Waals surface area contributed by atoms with Gasteiger partial charge in [0.2, 0.25) is 0 Å². The predicted octanol–water partition coefficient (Wildman–Crippen LogP) is 5.75. The van der Waals surface area contributed by atoms with E-state index in [9.17, 15) is 0 Å². The lowest BCUT2D eigenvalue weighted by atomic mass is 9.99. The number of rotatable bonds is 3. The van der Waals surface area contributed by atoms with Gasteiger partial charge < -0.3 is 28.4 Å². The molecule has 188 valence electrons. The molecule has 0 amide bonds. The molecule has 7 atom stereocenters. The highest BCUT2D eigenvalue weighted by Gasteiger charge is 2.59. The molecule has 9 heteroatoms. The maximum atomic E-state index is 6.95. The van der Waals surface area contributed by atoms with E-state index >= 15 is 0 Å². The summed E-state index contributed by atoms with van der Waals surface area (Å²) in [6, 6.07) is 27.7. The molecule has 3 saturated heterocycles. The smallest absolute Gasteiger partial charge is 0.277 e. The summed E-state index contributed by atoms with van der Waals surface area (Å²) in [6.07, 6.45) is -3.00. The van der Waals surface area contributed by atoms with Crippen LogP contribution < -0.4 is 0 Å². The van der Waals surface area contributed by atoms with Crippen molar-refractivity contribution in [3.63, 3.8) is 0 Å². The van der Waals surface area contributed by atoms with E-state index in [1.807, 2.05) is 91.0 Å². The first-order chi connectivity index (χ1) is 17.4. The summed E-state index contributed by atoms with van der Waals surface area (Å²) in [5.41, 5.74) is 1.87. The molecule has 3 aromatic carbocycles. The van der Waals surface area contributed by atoms with Crippen LogP contribution in [0.2, 0.25) is 0 Å². The van der Waals surface area contributed by atoms with Gasteiger partial charge in [0.1, 0.15) is 24.4 Å². The van der Waals surface area contributed by atoms with Gasteiger partial charge in [-0.3, -0.25) is 0 Å². The number of alkyl halides is 3. The van der Waals surface area contributed by atoms with Crippen molar-refractivity contribution in [3.8, 4) is 0 Å². The molecule has 3 aliphatic rings. The second kappa shape index (κ2) is 9.55. The van der Waals surface area contributed by atoms with Crippen LogP contribution in [0.15, 0.2) is 91.0 Å². The fraction of sp³-hybridized carbons (Fsp3) is 0.333. The van der Waals surface area contributed by atoms with Crippen LogP contribution in [0.5, 0.6) is 0 Å². The molecule has 0 aromatic heterocycles.